The van der Waals surface area contributed by atoms with Crippen LogP contribution in [0.25, 0.3) is 0 Å². The molecule has 0 spiro atoms. The van der Waals surface area contributed by atoms with Gasteiger partial charge in [0.25, 0.3) is 0 Å². The third kappa shape index (κ3) is 4.24. The number of carbonyl (C=O) groups excluding carboxylic acids is 1. The Morgan fingerprint density at radius 3 is 2.85 bits per heavy atom. The average Bonchev–Trinajstić information content (AvgIpc) is 2.48. The molecular weight excluding hydrogens is 256 g/mol. The van der Waals surface area contributed by atoms with Gasteiger partial charge >= 0.3 is 0 Å². The summed E-state index contributed by atoms with van der Waals surface area (Å²) >= 11 is 0. The van der Waals surface area contributed by atoms with Crippen molar-refractivity contribution < 1.29 is 9.53 Å². The molecule has 0 fully saturated rings. The highest BCUT2D eigenvalue weighted by molar-refractivity contribution is 5.75. The second-order valence-corrected chi connectivity index (χ2v) is 4.13. The van der Waals surface area contributed by atoms with E-state index in [0.29, 0.717) is 23.7 Å². The molecule has 1 aromatic carbocycles. The first kappa shape index (κ1) is 13.8. The number of aromatic nitrogens is 2. The Morgan fingerprint density at radius 2 is 2.10 bits per heavy atom. The molecule has 0 unspecified atom stereocenters. The predicted octanol–water partition coefficient (Wildman–Crippen LogP) is 1.14. The van der Waals surface area contributed by atoms with Crippen molar-refractivity contribution in [3.63, 3.8) is 0 Å². The lowest BCUT2D eigenvalue weighted by Crippen LogP contribution is -2.25. The van der Waals surface area contributed by atoms with E-state index in [9.17, 15) is 4.79 Å². The molecule has 6 heteroatoms. The first-order valence-corrected chi connectivity index (χ1v) is 6.26. The zero-order valence-corrected chi connectivity index (χ0v) is 11.0. The van der Waals surface area contributed by atoms with Crippen LogP contribution in [-0.4, -0.2) is 22.7 Å². The minimum atomic E-state index is -0.106. The van der Waals surface area contributed by atoms with Crippen LogP contribution < -0.4 is 15.8 Å². The highest BCUT2D eigenvalue weighted by atomic mass is 16.5. The summed E-state index contributed by atoms with van der Waals surface area (Å²) in [6.45, 7) is 0.640. The van der Waals surface area contributed by atoms with Crippen LogP contribution in [0.15, 0.2) is 42.6 Å². The molecule has 0 saturated heterocycles. The molecule has 6 nitrogen and oxygen atoms in total. The molecule has 20 heavy (non-hydrogen) atoms. The van der Waals surface area contributed by atoms with Gasteiger partial charge in [-0.15, -0.1) is 0 Å². The van der Waals surface area contributed by atoms with Gasteiger partial charge in [0.2, 0.25) is 5.91 Å². The molecule has 1 amide bonds. The molecule has 104 valence electrons. The van der Waals surface area contributed by atoms with Crippen LogP contribution in [0.5, 0.6) is 5.75 Å². The number of benzene rings is 1. The second kappa shape index (κ2) is 7.08. The summed E-state index contributed by atoms with van der Waals surface area (Å²) in [5.41, 5.74) is 7.01. The Hall–Kier alpha value is -2.63. The molecule has 2 aromatic rings. The van der Waals surface area contributed by atoms with Gasteiger partial charge in [-0.1, -0.05) is 12.1 Å². The molecule has 0 aliphatic heterocycles. The van der Waals surface area contributed by atoms with E-state index in [1.165, 1.54) is 0 Å². The number of nitrogens with one attached hydrogen (secondary N) is 1. The van der Waals surface area contributed by atoms with E-state index < -0.39 is 0 Å². The van der Waals surface area contributed by atoms with Gasteiger partial charge in [-0.2, -0.15) is 10.2 Å². The standard InChI is InChI=1S/C14H16N4O2/c15-12-5-1-2-6-13(12)20-9-7-14(19)16-10-11-4-3-8-17-18-11/h1-6,8H,7,9-10,15H2,(H,16,19). The number of para-hydroxylation sites is 2. The van der Waals surface area contributed by atoms with E-state index in [2.05, 4.69) is 15.5 Å². The maximum atomic E-state index is 11.6. The zero-order chi connectivity index (χ0) is 14.2. The maximum Gasteiger partial charge on any atom is 0.223 e. The number of hydrogen-bond donors (Lipinski definition) is 2. The van der Waals surface area contributed by atoms with E-state index in [1.54, 1.807) is 30.5 Å². The minimum Gasteiger partial charge on any atom is -0.491 e. The fourth-order valence-corrected chi connectivity index (χ4v) is 1.57. The van der Waals surface area contributed by atoms with Crippen molar-refractivity contribution >= 4 is 11.6 Å². The Labute approximate surface area is 117 Å². The van der Waals surface area contributed by atoms with Crippen molar-refractivity contribution in [2.24, 2.45) is 0 Å². The zero-order valence-electron chi connectivity index (χ0n) is 11.0. The van der Waals surface area contributed by atoms with E-state index >= 15 is 0 Å². The predicted molar refractivity (Wildman–Crippen MR) is 74.8 cm³/mol. The summed E-state index contributed by atoms with van der Waals surface area (Å²) < 4.78 is 5.45. The molecule has 0 aliphatic rings. The van der Waals surface area contributed by atoms with Gasteiger partial charge in [0.05, 0.1) is 31.0 Å². The molecule has 0 saturated carbocycles. The molecule has 2 rings (SSSR count). The Balaban J connectivity index is 1.69. The fraction of sp³-hybridized carbons (Fsp3) is 0.214. The molecule has 3 N–H and O–H groups in total. The van der Waals surface area contributed by atoms with Gasteiger partial charge in [-0.3, -0.25) is 4.79 Å². The first-order valence-electron chi connectivity index (χ1n) is 6.26. The van der Waals surface area contributed by atoms with Crippen LogP contribution >= 0.6 is 0 Å². The van der Waals surface area contributed by atoms with Gasteiger partial charge in [0.15, 0.2) is 0 Å². The quantitative estimate of drug-likeness (QED) is 0.770. The van der Waals surface area contributed by atoms with Gasteiger partial charge in [-0.05, 0) is 24.3 Å². The van der Waals surface area contributed by atoms with E-state index in [1.807, 2.05) is 12.1 Å². The Kier molecular flexibility index (Phi) is 4.88. The number of ether oxygens (including phenoxy) is 1. The maximum absolute atomic E-state index is 11.6. The number of anilines is 1. The van der Waals surface area contributed by atoms with E-state index in [0.717, 1.165) is 0 Å². The van der Waals surface area contributed by atoms with Crippen molar-refractivity contribution in [2.75, 3.05) is 12.3 Å². The van der Waals surface area contributed by atoms with Crippen LogP contribution in [0.4, 0.5) is 5.69 Å². The van der Waals surface area contributed by atoms with Gasteiger partial charge < -0.3 is 15.8 Å². The van der Waals surface area contributed by atoms with Crippen molar-refractivity contribution in [3.05, 3.63) is 48.3 Å². The molecule has 1 aromatic heterocycles. The third-order valence-corrected chi connectivity index (χ3v) is 2.60. The van der Waals surface area contributed by atoms with Crippen LogP contribution in [0.1, 0.15) is 12.1 Å². The molecular formula is C14H16N4O2. The number of amides is 1. The minimum absolute atomic E-state index is 0.106. The highest BCUT2D eigenvalue weighted by Gasteiger charge is 2.04. The lowest BCUT2D eigenvalue weighted by molar-refractivity contribution is -0.121. The highest BCUT2D eigenvalue weighted by Crippen LogP contribution is 2.19. The van der Waals surface area contributed by atoms with Crippen LogP contribution in [0, 0.1) is 0 Å². The summed E-state index contributed by atoms with van der Waals surface area (Å²) in [5.74, 6) is 0.486. The largest absolute Gasteiger partial charge is 0.491 e. The van der Waals surface area contributed by atoms with Crippen molar-refractivity contribution in [1.82, 2.24) is 15.5 Å². The number of rotatable bonds is 6. The second-order valence-electron chi connectivity index (χ2n) is 4.13. The molecule has 0 radical (unpaired) electrons. The van der Waals surface area contributed by atoms with Crippen molar-refractivity contribution in [3.8, 4) is 5.75 Å². The Bertz CT molecular complexity index is 560. The molecule has 0 aliphatic carbocycles. The third-order valence-electron chi connectivity index (χ3n) is 2.60. The smallest absolute Gasteiger partial charge is 0.223 e. The molecule has 0 bridgehead atoms. The van der Waals surface area contributed by atoms with E-state index in [4.69, 9.17) is 10.5 Å². The van der Waals surface area contributed by atoms with E-state index in [-0.39, 0.29) is 18.9 Å². The summed E-state index contributed by atoms with van der Waals surface area (Å²) in [4.78, 5) is 11.6. The average molecular weight is 272 g/mol. The van der Waals surface area contributed by atoms with Gasteiger partial charge in [-0.25, -0.2) is 0 Å². The van der Waals surface area contributed by atoms with Crippen LogP contribution in [0.3, 0.4) is 0 Å². The monoisotopic (exact) mass is 272 g/mol. The fourth-order valence-electron chi connectivity index (χ4n) is 1.57. The number of nitrogens with two attached hydrogens (primary N) is 1. The molecule has 0 atom stereocenters. The number of carbonyl (C=O) groups is 1. The molecule has 1 heterocycles. The van der Waals surface area contributed by atoms with Crippen molar-refractivity contribution in [2.45, 2.75) is 13.0 Å². The lowest BCUT2D eigenvalue weighted by atomic mass is 10.3. The summed E-state index contributed by atoms with van der Waals surface area (Å²) in [5, 5.41) is 10.4. The van der Waals surface area contributed by atoms with Crippen molar-refractivity contribution in [1.29, 1.82) is 0 Å². The van der Waals surface area contributed by atoms with Crippen LogP contribution in [0.2, 0.25) is 0 Å². The number of nitrogen functional groups attached to an aromatic ring is 1. The summed E-state index contributed by atoms with van der Waals surface area (Å²) in [6, 6.07) is 10.8. The topological polar surface area (TPSA) is 90.1 Å². The summed E-state index contributed by atoms with van der Waals surface area (Å²) in [7, 11) is 0. The van der Waals surface area contributed by atoms with Crippen LogP contribution in [-0.2, 0) is 11.3 Å². The lowest BCUT2D eigenvalue weighted by Gasteiger charge is -2.08. The number of nitrogens with zero attached hydrogens (tertiary/aromatic N) is 2. The summed E-state index contributed by atoms with van der Waals surface area (Å²) in [6.07, 6.45) is 1.85. The number of hydrogen-bond acceptors (Lipinski definition) is 5. The Morgan fingerprint density at radius 1 is 1.25 bits per heavy atom. The van der Waals surface area contributed by atoms with Gasteiger partial charge in [0.1, 0.15) is 5.75 Å². The normalized spacial score (nSPS) is 10.0. The van der Waals surface area contributed by atoms with Gasteiger partial charge in [0, 0.05) is 6.20 Å². The first-order chi connectivity index (χ1) is 9.75. The SMILES string of the molecule is Nc1ccccc1OCCC(=O)NCc1cccnn1.